The molecule has 0 N–H and O–H groups in total. The quantitative estimate of drug-likeness (QED) is 0.752. The molecule has 0 radical (unpaired) electrons. The first-order valence-electron chi connectivity index (χ1n) is 4.73. The second kappa shape index (κ2) is 7.27. The van der Waals surface area contributed by atoms with Crippen LogP contribution >= 0.6 is 38.9 Å². The maximum atomic E-state index is 11.6. The van der Waals surface area contributed by atoms with Gasteiger partial charge in [0.1, 0.15) is 5.88 Å². The predicted octanol–water partition coefficient (Wildman–Crippen LogP) is 2.72. The normalized spacial score (nSPS) is 10.4. The molecule has 6 heteroatoms. The van der Waals surface area contributed by atoms with Gasteiger partial charge in [-0.1, -0.05) is 0 Å². The van der Waals surface area contributed by atoms with Crippen LogP contribution in [0.3, 0.4) is 0 Å². The highest BCUT2D eigenvalue weighted by Crippen LogP contribution is 2.24. The molecule has 0 aliphatic carbocycles. The van der Waals surface area contributed by atoms with Gasteiger partial charge in [-0.2, -0.15) is 0 Å². The molecule has 0 spiro atoms. The number of hydrogen-bond acceptors (Lipinski definition) is 3. The third kappa shape index (κ3) is 4.05. The Labute approximate surface area is 112 Å². The van der Waals surface area contributed by atoms with E-state index in [1.165, 1.54) is 0 Å². The molecule has 0 aromatic carbocycles. The Kier molecular flexibility index (Phi) is 6.34. The summed E-state index contributed by atoms with van der Waals surface area (Å²) in [5.74, 6) is -0.0637. The number of hydrogen-bond donors (Lipinski definition) is 0. The van der Waals surface area contributed by atoms with Crippen LogP contribution < -0.4 is 0 Å². The van der Waals surface area contributed by atoms with E-state index in [9.17, 15) is 4.79 Å². The molecule has 1 heterocycles. The summed E-state index contributed by atoms with van der Waals surface area (Å²) in [5.41, 5.74) is 0. The van der Waals surface area contributed by atoms with Crippen molar-refractivity contribution < 1.29 is 9.53 Å². The van der Waals surface area contributed by atoms with Crippen LogP contribution in [0.15, 0.2) is 15.9 Å². The van der Waals surface area contributed by atoms with Crippen molar-refractivity contribution in [2.45, 2.75) is 6.54 Å². The molecule has 0 aliphatic heterocycles. The van der Waals surface area contributed by atoms with E-state index in [2.05, 4.69) is 15.9 Å². The highest BCUT2D eigenvalue weighted by molar-refractivity contribution is 9.10. The van der Waals surface area contributed by atoms with Gasteiger partial charge in [0.2, 0.25) is 5.91 Å². The predicted molar refractivity (Wildman–Crippen MR) is 70.0 cm³/mol. The van der Waals surface area contributed by atoms with Gasteiger partial charge in [0, 0.05) is 23.0 Å². The van der Waals surface area contributed by atoms with Gasteiger partial charge in [0.25, 0.3) is 0 Å². The van der Waals surface area contributed by atoms with E-state index >= 15 is 0 Å². The zero-order valence-corrected chi connectivity index (χ0v) is 12.1. The Balaban J connectivity index is 2.63. The molecule has 0 saturated carbocycles. The van der Waals surface area contributed by atoms with Crippen molar-refractivity contribution >= 4 is 44.8 Å². The Morgan fingerprint density at radius 1 is 1.69 bits per heavy atom. The largest absolute Gasteiger partial charge is 0.383 e. The van der Waals surface area contributed by atoms with Gasteiger partial charge in [-0.15, -0.1) is 22.9 Å². The summed E-state index contributed by atoms with van der Waals surface area (Å²) in [5, 5.41) is 1.99. The minimum atomic E-state index is -0.0704. The molecule has 1 aromatic heterocycles. The molecule has 0 saturated heterocycles. The first kappa shape index (κ1) is 14.0. The van der Waals surface area contributed by atoms with Gasteiger partial charge >= 0.3 is 0 Å². The fraction of sp³-hybridized carbons (Fsp3) is 0.500. The lowest BCUT2D eigenvalue weighted by Gasteiger charge is -2.20. The lowest BCUT2D eigenvalue weighted by molar-refractivity contribution is -0.129. The number of carbonyl (C=O) groups excluding carboxylic acids is 1. The molecule has 1 amide bonds. The van der Waals surface area contributed by atoms with E-state index in [0.29, 0.717) is 19.7 Å². The van der Waals surface area contributed by atoms with Crippen molar-refractivity contribution in [3.8, 4) is 0 Å². The van der Waals surface area contributed by atoms with Crippen molar-refractivity contribution in [3.05, 3.63) is 20.8 Å². The lowest BCUT2D eigenvalue weighted by atomic mass is 10.4. The lowest BCUT2D eigenvalue weighted by Crippen LogP contribution is -2.34. The second-order valence-corrected chi connectivity index (χ2v) is 5.26. The first-order valence-corrected chi connectivity index (χ1v) is 6.94. The van der Waals surface area contributed by atoms with E-state index in [1.54, 1.807) is 23.3 Å². The molecule has 0 atom stereocenters. The molecule has 0 fully saturated rings. The number of alkyl halides is 1. The summed E-state index contributed by atoms with van der Waals surface area (Å²) in [6.07, 6.45) is 0. The van der Waals surface area contributed by atoms with Gasteiger partial charge in [0.05, 0.1) is 13.2 Å². The van der Waals surface area contributed by atoms with Gasteiger partial charge in [-0.05, 0) is 27.4 Å². The van der Waals surface area contributed by atoms with Crippen LogP contribution in [0.1, 0.15) is 4.88 Å². The highest BCUT2D eigenvalue weighted by atomic mass is 79.9. The number of thiophene rings is 1. The van der Waals surface area contributed by atoms with E-state index in [1.807, 2.05) is 11.4 Å². The van der Waals surface area contributed by atoms with Crippen LogP contribution in [-0.2, 0) is 16.1 Å². The molecule has 1 rings (SSSR count). The van der Waals surface area contributed by atoms with E-state index in [0.717, 1.165) is 9.35 Å². The molecule has 0 aliphatic rings. The van der Waals surface area contributed by atoms with Crippen molar-refractivity contribution in [1.29, 1.82) is 0 Å². The van der Waals surface area contributed by atoms with E-state index < -0.39 is 0 Å². The van der Waals surface area contributed by atoms with Crippen LogP contribution in [0.25, 0.3) is 0 Å². The van der Waals surface area contributed by atoms with Crippen LogP contribution in [0.2, 0.25) is 0 Å². The maximum Gasteiger partial charge on any atom is 0.237 e. The fourth-order valence-electron chi connectivity index (χ4n) is 1.19. The summed E-state index contributed by atoms with van der Waals surface area (Å²) < 4.78 is 6.00. The average Bonchev–Trinajstić information content (AvgIpc) is 2.69. The molecular formula is C10H13BrClNO2S. The fourth-order valence-corrected chi connectivity index (χ4v) is 2.85. The van der Waals surface area contributed by atoms with Crippen molar-refractivity contribution in [1.82, 2.24) is 4.90 Å². The molecule has 0 bridgehead atoms. The molecule has 1 aromatic rings. The first-order chi connectivity index (χ1) is 7.69. The molecule has 0 unspecified atom stereocenters. The van der Waals surface area contributed by atoms with Gasteiger partial charge in [-0.25, -0.2) is 0 Å². The summed E-state index contributed by atoms with van der Waals surface area (Å²) in [4.78, 5) is 14.4. The SMILES string of the molecule is COCCN(Cc1sccc1Br)C(=O)CCl. The number of carbonyl (C=O) groups is 1. The summed E-state index contributed by atoms with van der Waals surface area (Å²) in [7, 11) is 1.62. The third-order valence-electron chi connectivity index (χ3n) is 2.06. The van der Waals surface area contributed by atoms with Gasteiger partial charge < -0.3 is 9.64 Å². The Morgan fingerprint density at radius 3 is 2.94 bits per heavy atom. The number of rotatable bonds is 6. The zero-order chi connectivity index (χ0) is 12.0. The number of amides is 1. The topological polar surface area (TPSA) is 29.5 Å². The Morgan fingerprint density at radius 2 is 2.44 bits per heavy atom. The summed E-state index contributed by atoms with van der Waals surface area (Å²) in [6.45, 7) is 1.66. The third-order valence-corrected chi connectivity index (χ3v) is 4.20. The Hall–Kier alpha value is -0.100. The maximum absolute atomic E-state index is 11.6. The average molecular weight is 327 g/mol. The summed E-state index contributed by atoms with van der Waals surface area (Å²) >= 11 is 10.6. The second-order valence-electron chi connectivity index (χ2n) is 3.13. The minimum absolute atomic E-state index is 0.00666. The monoisotopic (exact) mass is 325 g/mol. The van der Waals surface area contributed by atoms with Crippen LogP contribution in [0, 0.1) is 0 Å². The van der Waals surface area contributed by atoms with Crippen molar-refractivity contribution in [2.75, 3.05) is 26.1 Å². The summed E-state index contributed by atoms with van der Waals surface area (Å²) in [6, 6.07) is 1.97. The van der Waals surface area contributed by atoms with Crippen LogP contribution in [0.5, 0.6) is 0 Å². The molecular weight excluding hydrogens is 314 g/mol. The molecule has 3 nitrogen and oxygen atoms in total. The standard InChI is InChI=1S/C10H13BrClNO2S/c1-15-4-3-13(10(14)6-12)7-9-8(11)2-5-16-9/h2,5H,3-4,6-7H2,1H3. The number of nitrogens with zero attached hydrogens (tertiary/aromatic N) is 1. The zero-order valence-electron chi connectivity index (χ0n) is 8.91. The highest BCUT2D eigenvalue weighted by Gasteiger charge is 2.14. The van der Waals surface area contributed by atoms with E-state index in [-0.39, 0.29) is 11.8 Å². The van der Waals surface area contributed by atoms with Crippen LogP contribution in [0.4, 0.5) is 0 Å². The van der Waals surface area contributed by atoms with E-state index in [4.69, 9.17) is 16.3 Å². The number of halogens is 2. The number of ether oxygens (including phenoxy) is 1. The molecule has 16 heavy (non-hydrogen) atoms. The van der Waals surface area contributed by atoms with Crippen molar-refractivity contribution in [2.24, 2.45) is 0 Å². The minimum Gasteiger partial charge on any atom is -0.383 e. The number of methoxy groups -OCH3 is 1. The molecule has 90 valence electrons. The Bertz CT molecular complexity index is 345. The van der Waals surface area contributed by atoms with Crippen LogP contribution in [-0.4, -0.2) is 36.9 Å². The smallest absolute Gasteiger partial charge is 0.237 e. The van der Waals surface area contributed by atoms with Crippen molar-refractivity contribution in [3.63, 3.8) is 0 Å². The van der Waals surface area contributed by atoms with Gasteiger partial charge in [-0.3, -0.25) is 4.79 Å². The van der Waals surface area contributed by atoms with Gasteiger partial charge in [0.15, 0.2) is 0 Å².